The number of benzene rings is 1. The molecule has 2 atom stereocenters. The minimum atomic E-state index is 0.409. The maximum Gasteiger partial charge on any atom is 0.0294 e. The fraction of sp³-hybridized carbons (Fsp3) is 0.571. The lowest BCUT2D eigenvalue weighted by Crippen LogP contribution is -2.30. The normalized spacial score (nSPS) is 15.1. The maximum absolute atomic E-state index is 3.63. The molecule has 0 heterocycles. The van der Waals surface area contributed by atoms with Crippen LogP contribution in [0.3, 0.4) is 0 Å². The van der Waals surface area contributed by atoms with E-state index >= 15 is 0 Å². The van der Waals surface area contributed by atoms with E-state index in [2.05, 4.69) is 73.2 Å². The highest BCUT2D eigenvalue weighted by Crippen LogP contribution is 2.19. The van der Waals surface area contributed by atoms with Crippen LogP contribution in [-0.4, -0.2) is 6.04 Å². The van der Waals surface area contributed by atoms with Crippen molar-refractivity contribution in [1.29, 1.82) is 0 Å². The Morgan fingerprint density at radius 3 is 2.44 bits per heavy atom. The van der Waals surface area contributed by atoms with Gasteiger partial charge in [0, 0.05) is 16.6 Å². The smallest absolute Gasteiger partial charge is 0.0294 e. The molecule has 0 aliphatic heterocycles. The molecule has 2 heteroatoms. The number of hydrogen-bond donors (Lipinski definition) is 1. The number of nitrogens with one attached hydrogen (secondary N) is 1. The van der Waals surface area contributed by atoms with Crippen LogP contribution in [0.2, 0.25) is 0 Å². The van der Waals surface area contributed by atoms with E-state index in [0.717, 1.165) is 10.4 Å². The molecule has 0 bridgehead atoms. The molecule has 90 valence electrons. The van der Waals surface area contributed by atoms with E-state index in [4.69, 9.17) is 0 Å². The largest absolute Gasteiger partial charge is 0.308 e. The molecule has 1 aromatic rings. The Labute approximate surface area is 108 Å². The van der Waals surface area contributed by atoms with Gasteiger partial charge in [-0.2, -0.15) is 0 Å². The topological polar surface area (TPSA) is 12.0 Å². The molecular weight excluding hydrogens is 262 g/mol. The molecule has 1 unspecified atom stereocenters. The van der Waals surface area contributed by atoms with E-state index in [-0.39, 0.29) is 0 Å². The Balaban J connectivity index is 2.55. The second-order valence-electron chi connectivity index (χ2n) is 4.97. The van der Waals surface area contributed by atoms with Crippen molar-refractivity contribution in [1.82, 2.24) is 5.32 Å². The van der Waals surface area contributed by atoms with Crippen LogP contribution < -0.4 is 5.32 Å². The molecule has 0 saturated carbocycles. The molecule has 0 aliphatic rings. The molecule has 0 aromatic heterocycles. The predicted molar refractivity (Wildman–Crippen MR) is 74.6 cm³/mol. The fourth-order valence-corrected chi connectivity index (χ4v) is 2.49. The molecule has 0 fully saturated rings. The Morgan fingerprint density at radius 1 is 1.19 bits per heavy atom. The van der Waals surface area contributed by atoms with Crippen molar-refractivity contribution in [3.05, 3.63) is 34.3 Å². The van der Waals surface area contributed by atoms with Crippen molar-refractivity contribution >= 4 is 15.9 Å². The van der Waals surface area contributed by atoms with Gasteiger partial charge in [0.25, 0.3) is 0 Å². The molecular formula is C14H22BrN. The lowest BCUT2D eigenvalue weighted by Gasteiger charge is -2.22. The molecule has 0 saturated heterocycles. The first-order valence-corrected chi connectivity index (χ1v) is 6.80. The number of hydrogen-bond acceptors (Lipinski definition) is 1. The summed E-state index contributed by atoms with van der Waals surface area (Å²) in [6.45, 7) is 9.01. The van der Waals surface area contributed by atoms with Crippen molar-refractivity contribution in [2.24, 2.45) is 5.92 Å². The summed E-state index contributed by atoms with van der Waals surface area (Å²) in [4.78, 5) is 0. The van der Waals surface area contributed by atoms with E-state index in [1.165, 1.54) is 12.0 Å². The van der Waals surface area contributed by atoms with Gasteiger partial charge >= 0.3 is 0 Å². The minimum Gasteiger partial charge on any atom is -0.308 e. The van der Waals surface area contributed by atoms with Gasteiger partial charge in [-0.3, -0.25) is 0 Å². The second-order valence-corrected chi connectivity index (χ2v) is 5.89. The molecule has 1 aromatic carbocycles. The zero-order chi connectivity index (χ0) is 12.1. The van der Waals surface area contributed by atoms with Crippen LogP contribution in [-0.2, 0) is 0 Å². The quantitative estimate of drug-likeness (QED) is 0.837. The lowest BCUT2D eigenvalue weighted by molar-refractivity contribution is 0.407. The van der Waals surface area contributed by atoms with Crippen LogP contribution in [0, 0.1) is 5.92 Å². The summed E-state index contributed by atoms with van der Waals surface area (Å²) >= 11 is 3.51. The summed E-state index contributed by atoms with van der Waals surface area (Å²) in [5, 5.41) is 3.63. The van der Waals surface area contributed by atoms with Gasteiger partial charge in [-0.1, -0.05) is 41.9 Å². The summed E-state index contributed by atoms with van der Waals surface area (Å²) in [6.07, 6.45) is 1.22. The molecule has 1 rings (SSSR count). The van der Waals surface area contributed by atoms with Gasteiger partial charge in [0.1, 0.15) is 0 Å². The van der Waals surface area contributed by atoms with Crippen LogP contribution in [0.1, 0.15) is 45.7 Å². The molecule has 1 N–H and O–H groups in total. The first kappa shape index (κ1) is 13.7. The molecule has 0 aliphatic carbocycles. The van der Waals surface area contributed by atoms with Crippen molar-refractivity contribution in [3.63, 3.8) is 0 Å². The Hall–Kier alpha value is -0.340. The summed E-state index contributed by atoms with van der Waals surface area (Å²) in [5.74, 6) is 0.747. The summed E-state index contributed by atoms with van der Waals surface area (Å²) in [6, 6.07) is 9.48. The van der Waals surface area contributed by atoms with Crippen LogP contribution in [0.5, 0.6) is 0 Å². The van der Waals surface area contributed by atoms with Crippen molar-refractivity contribution in [2.45, 2.75) is 46.2 Å². The highest BCUT2D eigenvalue weighted by Gasteiger charge is 2.10. The van der Waals surface area contributed by atoms with E-state index < -0.39 is 0 Å². The van der Waals surface area contributed by atoms with Crippen LogP contribution in [0.15, 0.2) is 28.7 Å². The number of halogens is 1. The maximum atomic E-state index is 3.63. The zero-order valence-electron chi connectivity index (χ0n) is 10.6. The first-order chi connectivity index (χ1) is 7.49. The SMILES string of the molecule is CC(C)CC(C)N[C@H](C)c1cccc(Br)c1. The van der Waals surface area contributed by atoms with Crippen molar-refractivity contribution < 1.29 is 0 Å². The van der Waals surface area contributed by atoms with Crippen LogP contribution >= 0.6 is 15.9 Å². The predicted octanol–water partition coefficient (Wildman–Crippen LogP) is 4.53. The average Bonchev–Trinajstić information content (AvgIpc) is 2.16. The van der Waals surface area contributed by atoms with Gasteiger partial charge in [-0.05, 0) is 43.9 Å². The third kappa shape index (κ3) is 4.67. The third-order valence-corrected chi connectivity index (χ3v) is 3.20. The van der Waals surface area contributed by atoms with E-state index in [1.807, 2.05) is 0 Å². The average molecular weight is 284 g/mol. The van der Waals surface area contributed by atoms with Crippen molar-refractivity contribution in [3.8, 4) is 0 Å². The van der Waals surface area contributed by atoms with Gasteiger partial charge in [0.15, 0.2) is 0 Å². The monoisotopic (exact) mass is 283 g/mol. The molecule has 0 amide bonds. The van der Waals surface area contributed by atoms with Gasteiger partial charge in [-0.15, -0.1) is 0 Å². The van der Waals surface area contributed by atoms with Crippen molar-refractivity contribution in [2.75, 3.05) is 0 Å². The van der Waals surface area contributed by atoms with Crippen LogP contribution in [0.25, 0.3) is 0 Å². The van der Waals surface area contributed by atoms with Gasteiger partial charge < -0.3 is 5.32 Å². The van der Waals surface area contributed by atoms with E-state index in [1.54, 1.807) is 0 Å². The standard InChI is InChI=1S/C14H22BrN/c1-10(2)8-11(3)16-12(4)13-6-5-7-14(15)9-13/h5-7,9-12,16H,8H2,1-4H3/t11?,12-/m1/s1. The molecule has 0 radical (unpaired) electrons. The Bertz CT molecular complexity index is 322. The second kappa shape index (κ2) is 6.41. The summed E-state index contributed by atoms with van der Waals surface area (Å²) < 4.78 is 1.15. The molecule has 16 heavy (non-hydrogen) atoms. The summed E-state index contributed by atoms with van der Waals surface area (Å²) in [5.41, 5.74) is 1.34. The van der Waals surface area contributed by atoms with Crippen LogP contribution in [0.4, 0.5) is 0 Å². The van der Waals surface area contributed by atoms with E-state index in [0.29, 0.717) is 12.1 Å². The minimum absolute atomic E-state index is 0.409. The molecule has 1 nitrogen and oxygen atoms in total. The summed E-state index contributed by atoms with van der Waals surface area (Å²) in [7, 11) is 0. The van der Waals surface area contributed by atoms with E-state index in [9.17, 15) is 0 Å². The Morgan fingerprint density at radius 2 is 1.88 bits per heavy atom. The highest BCUT2D eigenvalue weighted by molar-refractivity contribution is 9.10. The highest BCUT2D eigenvalue weighted by atomic mass is 79.9. The lowest BCUT2D eigenvalue weighted by atomic mass is 10.0. The van der Waals surface area contributed by atoms with Gasteiger partial charge in [0.2, 0.25) is 0 Å². The number of rotatable bonds is 5. The third-order valence-electron chi connectivity index (χ3n) is 2.71. The molecule has 0 spiro atoms. The van der Waals surface area contributed by atoms with Gasteiger partial charge in [0.05, 0.1) is 0 Å². The Kier molecular flexibility index (Phi) is 5.50. The first-order valence-electron chi connectivity index (χ1n) is 6.00. The van der Waals surface area contributed by atoms with Gasteiger partial charge in [-0.25, -0.2) is 0 Å². The fourth-order valence-electron chi connectivity index (χ4n) is 2.07. The zero-order valence-corrected chi connectivity index (χ0v) is 12.2.